The lowest BCUT2D eigenvalue weighted by atomic mass is 10.3. The Bertz CT molecular complexity index is 709. The zero-order chi connectivity index (χ0) is 13.4. The maximum Gasteiger partial charge on any atom is 0.225 e. The van der Waals surface area contributed by atoms with Crippen LogP contribution >= 0.6 is 23.8 Å². The third kappa shape index (κ3) is 2.47. The molecule has 1 aliphatic heterocycles. The van der Waals surface area contributed by atoms with Crippen LogP contribution in [0.2, 0.25) is 5.28 Å². The summed E-state index contributed by atoms with van der Waals surface area (Å²) in [7, 11) is -0.739. The first-order chi connectivity index (χ1) is 9.15. The predicted octanol–water partition coefficient (Wildman–Crippen LogP) is 1.30. The second kappa shape index (κ2) is 5.10. The van der Waals surface area contributed by atoms with Gasteiger partial charge in [-0.15, -0.1) is 0 Å². The van der Waals surface area contributed by atoms with E-state index in [0.717, 1.165) is 5.52 Å². The number of nitrogens with one attached hydrogen (secondary N) is 1. The molecule has 0 aromatic carbocycles. The topological polar surface area (TPSA) is 74.8 Å². The maximum absolute atomic E-state index is 11.4. The second-order valence-corrected chi connectivity index (χ2v) is 6.50. The van der Waals surface area contributed by atoms with Gasteiger partial charge in [0.2, 0.25) is 5.28 Å². The molecule has 19 heavy (non-hydrogen) atoms. The van der Waals surface area contributed by atoms with Gasteiger partial charge in [-0.05, 0) is 11.6 Å². The van der Waals surface area contributed by atoms with E-state index in [2.05, 4.69) is 19.9 Å². The van der Waals surface area contributed by atoms with E-state index in [1.54, 1.807) is 0 Å². The van der Waals surface area contributed by atoms with E-state index in [0.29, 0.717) is 40.6 Å². The van der Waals surface area contributed by atoms with Gasteiger partial charge < -0.3 is 9.88 Å². The van der Waals surface area contributed by atoms with Crippen molar-refractivity contribution >= 4 is 51.5 Å². The van der Waals surface area contributed by atoms with Crippen molar-refractivity contribution in [2.24, 2.45) is 0 Å². The van der Waals surface area contributed by atoms with Gasteiger partial charge in [-0.25, -0.2) is 9.97 Å². The molecule has 6 nitrogen and oxygen atoms in total. The Balaban J connectivity index is 2.15. The predicted molar refractivity (Wildman–Crippen MR) is 77.6 cm³/mol. The van der Waals surface area contributed by atoms with Gasteiger partial charge in [0.15, 0.2) is 10.5 Å². The zero-order valence-electron chi connectivity index (χ0n) is 9.80. The minimum atomic E-state index is -0.739. The van der Waals surface area contributed by atoms with Crippen LogP contribution in [0.4, 0.5) is 5.82 Å². The molecule has 0 radical (unpaired) electrons. The number of hydrogen-bond donors (Lipinski definition) is 1. The first kappa shape index (κ1) is 12.9. The minimum absolute atomic E-state index is 0.140. The maximum atomic E-state index is 11.4. The van der Waals surface area contributed by atoms with E-state index in [1.165, 1.54) is 6.33 Å². The molecule has 2 aromatic rings. The third-order valence-electron chi connectivity index (χ3n) is 2.93. The van der Waals surface area contributed by atoms with E-state index in [9.17, 15) is 4.21 Å². The molecule has 0 unspecified atom stereocenters. The van der Waals surface area contributed by atoms with Crippen LogP contribution in [0.5, 0.6) is 0 Å². The van der Waals surface area contributed by atoms with Crippen LogP contribution in [-0.2, 0) is 10.8 Å². The van der Waals surface area contributed by atoms with Crippen molar-refractivity contribution < 1.29 is 4.21 Å². The standard InChI is InChI=1S/C10H10ClN5OS2/c11-10-14-7-6(12-5-13-9(7)18)8(15-10)16-1-3-19(17)4-2-16/h5H,1-4H2,(H,12,13,18). The average molecular weight is 316 g/mol. The Labute approximate surface area is 121 Å². The van der Waals surface area contributed by atoms with E-state index in [4.69, 9.17) is 23.8 Å². The summed E-state index contributed by atoms with van der Waals surface area (Å²) in [6.45, 7) is 1.36. The van der Waals surface area contributed by atoms with Crippen molar-refractivity contribution in [2.45, 2.75) is 0 Å². The van der Waals surface area contributed by atoms with Gasteiger partial charge in [-0.3, -0.25) is 4.21 Å². The first-order valence-electron chi connectivity index (χ1n) is 5.66. The minimum Gasteiger partial charge on any atom is -0.353 e. The fraction of sp³-hybridized carbons (Fsp3) is 0.400. The van der Waals surface area contributed by atoms with Crippen LogP contribution in [0.25, 0.3) is 11.0 Å². The number of hydrogen-bond acceptors (Lipinski definition) is 6. The zero-order valence-corrected chi connectivity index (χ0v) is 12.2. The highest BCUT2D eigenvalue weighted by molar-refractivity contribution is 7.85. The van der Waals surface area contributed by atoms with Crippen molar-refractivity contribution in [2.75, 3.05) is 29.5 Å². The fourth-order valence-electron chi connectivity index (χ4n) is 2.01. The van der Waals surface area contributed by atoms with Crippen LogP contribution in [0.3, 0.4) is 0 Å². The van der Waals surface area contributed by atoms with Crippen molar-refractivity contribution in [3.63, 3.8) is 0 Å². The van der Waals surface area contributed by atoms with Crippen molar-refractivity contribution in [3.05, 3.63) is 16.3 Å². The van der Waals surface area contributed by atoms with E-state index in [1.807, 2.05) is 4.90 Å². The summed E-state index contributed by atoms with van der Waals surface area (Å²) in [4.78, 5) is 17.4. The molecule has 1 fully saturated rings. The summed E-state index contributed by atoms with van der Waals surface area (Å²) in [5.74, 6) is 1.96. The van der Waals surface area contributed by atoms with Gasteiger partial charge in [0, 0.05) is 35.4 Å². The summed E-state index contributed by atoms with van der Waals surface area (Å²) in [6.07, 6.45) is 1.52. The first-order valence-corrected chi connectivity index (χ1v) is 7.93. The largest absolute Gasteiger partial charge is 0.353 e. The average Bonchev–Trinajstić information content (AvgIpc) is 2.40. The lowest BCUT2D eigenvalue weighted by Crippen LogP contribution is -2.38. The number of fused-ring (bicyclic) bond motifs is 1. The summed E-state index contributed by atoms with van der Waals surface area (Å²) < 4.78 is 11.8. The molecular formula is C10H10ClN5OS2. The molecule has 100 valence electrons. The molecule has 0 saturated carbocycles. The van der Waals surface area contributed by atoms with Crippen molar-refractivity contribution in [3.8, 4) is 0 Å². The fourth-order valence-corrected chi connectivity index (χ4v) is 3.42. The summed E-state index contributed by atoms with van der Waals surface area (Å²) in [5.41, 5.74) is 1.26. The molecule has 2 aromatic heterocycles. The van der Waals surface area contributed by atoms with E-state index >= 15 is 0 Å². The molecule has 3 rings (SSSR count). The molecule has 0 atom stereocenters. The Morgan fingerprint density at radius 1 is 1.37 bits per heavy atom. The van der Waals surface area contributed by atoms with Crippen LogP contribution in [-0.4, -0.2) is 48.7 Å². The smallest absolute Gasteiger partial charge is 0.225 e. The number of halogens is 1. The lowest BCUT2D eigenvalue weighted by molar-refractivity contribution is 0.672. The third-order valence-corrected chi connectivity index (χ3v) is 4.68. The van der Waals surface area contributed by atoms with Gasteiger partial charge >= 0.3 is 0 Å². The molecule has 1 saturated heterocycles. The molecule has 1 aliphatic rings. The van der Waals surface area contributed by atoms with Gasteiger partial charge in [-0.2, -0.15) is 4.98 Å². The highest BCUT2D eigenvalue weighted by Gasteiger charge is 2.20. The van der Waals surface area contributed by atoms with Crippen LogP contribution < -0.4 is 4.90 Å². The van der Waals surface area contributed by atoms with Crippen LogP contribution in [0, 0.1) is 4.64 Å². The molecule has 9 heteroatoms. The lowest BCUT2D eigenvalue weighted by Gasteiger charge is -2.27. The quantitative estimate of drug-likeness (QED) is 0.631. The number of aromatic amines is 1. The monoisotopic (exact) mass is 315 g/mol. The summed E-state index contributed by atoms with van der Waals surface area (Å²) in [5, 5.41) is 0.140. The van der Waals surface area contributed by atoms with Gasteiger partial charge in [-0.1, -0.05) is 12.2 Å². The Hall–Kier alpha value is -1.12. The Kier molecular flexibility index (Phi) is 3.46. The van der Waals surface area contributed by atoms with Crippen LogP contribution in [0.15, 0.2) is 6.33 Å². The van der Waals surface area contributed by atoms with Gasteiger partial charge in [0.25, 0.3) is 0 Å². The SMILES string of the molecule is O=S1CCN(c2nc(Cl)nc3c(=S)nc[nH]c23)CC1. The molecule has 0 amide bonds. The Morgan fingerprint density at radius 2 is 2.11 bits per heavy atom. The molecule has 3 heterocycles. The molecule has 1 N–H and O–H groups in total. The van der Waals surface area contributed by atoms with E-state index < -0.39 is 10.8 Å². The second-order valence-electron chi connectivity index (χ2n) is 4.08. The highest BCUT2D eigenvalue weighted by Crippen LogP contribution is 2.24. The molecule has 0 bridgehead atoms. The van der Waals surface area contributed by atoms with Crippen LogP contribution in [0.1, 0.15) is 0 Å². The number of anilines is 1. The number of H-pyrrole nitrogens is 1. The Morgan fingerprint density at radius 3 is 2.84 bits per heavy atom. The normalized spacial score (nSPS) is 17.0. The highest BCUT2D eigenvalue weighted by atomic mass is 35.5. The molecule has 0 spiro atoms. The van der Waals surface area contributed by atoms with Gasteiger partial charge in [0.05, 0.1) is 6.33 Å². The number of aromatic nitrogens is 4. The molecular weight excluding hydrogens is 306 g/mol. The summed E-state index contributed by atoms with van der Waals surface area (Å²) >= 11 is 11.1. The number of nitrogens with zero attached hydrogens (tertiary/aromatic N) is 4. The van der Waals surface area contributed by atoms with Crippen molar-refractivity contribution in [1.82, 2.24) is 19.9 Å². The summed E-state index contributed by atoms with van der Waals surface area (Å²) in [6, 6.07) is 0. The number of rotatable bonds is 1. The molecule has 0 aliphatic carbocycles. The van der Waals surface area contributed by atoms with Gasteiger partial charge in [0.1, 0.15) is 11.0 Å². The van der Waals surface area contributed by atoms with E-state index in [-0.39, 0.29) is 5.28 Å². The van der Waals surface area contributed by atoms with Crippen molar-refractivity contribution in [1.29, 1.82) is 0 Å².